The molecule has 1 aromatic rings. The first-order valence-electron chi connectivity index (χ1n) is 5.39. The summed E-state index contributed by atoms with van der Waals surface area (Å²) in [5.41, 5.74) is 2.54. The van der Waals surface area contributed by atoms with Crippen molar-refractivity contribution in [1.82, 2.24) is 0 Å². The molecule has 0 aromatic heterocycles. The molecule has 0 saturated carbocycles. The Morgan fingerprint density at radius 3 is 2.87 bits per heavy atom. The maximum absolute atomic E-state index is 5.22. The van der Waals surface area contributed by atoms with Crippen LogP contribution in [0.25, 0.3) is 6.08 Å². The summed E-state index contributed by atoms with van der Waals surface area (Å²) in [6, 6.07) is 6.72. The van der Waals surface area contributed by atoms with Gasteiger partial charge in [0.15, 0.2) is 0 Å². The van der Waals surface area contributed by atoms with Crippen molar-refractivity contribution >= 4 is 11.8 Å². The topological polar surface area (TPSA) is 12.5 Å². The summed E-state index contributed by atoms with van der Waals surface area (Å²) >= 11 is 0. The van der Waals surface area contributed by atoms with Gasteiger partial charge in [-0.3, -0.25) is 0 Å². The fourth-order valence-corrected chi connectivity index (χ4v) is 2.08. The van der Waals surface area contributed by atoms with Crippen molar-refractivity contribution in [2.45, 2.75) is 19.9 Å². The van der Waals surface area contributed by atoms with Crippen LogP contribution in [0.5, 0.6) is 5.75 Å². The van der Waals surface area contributed by atoms with Gasteiger partial charge in [-0.1, -0.05) is 12.2 Å². The number of fused-ring (bicyclic) bond motifs is 1. The standard InChI is InChI=1S/C13H17NO/c1-4-14-10(2)5-6-11-9-12(15-3)7-8-13(11)14/h5-10H,4H2,1-3H3. The van der Waals surface area contributed by atoms with Crippen LogP contribution >= 0.6 is 0 Å². The fraction of sp³-hybridized carbons (Fsp3) is 0.385. The molecule has 1 aliphatic rings. The molecule has 15 heavy (non-hydrogen) atoms. The van der Waals surface area contributed by atoms with Gasteiger partial charge in [0, 0.05) is 23.8 Å². The lowest BCUT2D eigenvalue weighted by atomic mass is 10.0. The lowest BCUT2D eigenvalue weighted by Crippen LogP contribution is -2.33. The first kappa shape index (κ1) is 10.1. The van der Waals surface area contributed by atoms with E-state index in [4.69, 9.17) is 4.74 Å². The minimum atomic E-state index is 0.482. The van der Waals surface area contributed by atoms with Gasteiger partial charge in [-0.15, -0.1) is 0 Å². The number of likely N-dealkylation sites (N-methyl/N-ethyl adjacent to an activating group) is 1. The Morgan fingerprint density at radius 2 is 2.20 bits per heavy atom. The van der Waals surface area contributed by atoms with Gasteiger partial charge in [-0.25, -0.2) is 0 Å². The predicted octanol–water partition coefficient (Wildman–Crippen LogP) is 2.94. The summed E-state index contributed by atoms with van der Waals surface area (Å²) in [6.45, 7) is 5.43. The van der Waals surface area contributed by atoms with E-state index >= 15 is 0 Å². The molecular weight excluding hydrogens is 186 g/mol. The van der Waals surface area contributed by atoms with Crippen LogP contribution in [0, 0.1) is 0 Å². The maximum Gasteiger partial charge on any atom is 0.119 e. The molecule has 0 spiro atoms. The maximum atomic E-state index is 5.22. The van der Waals surface area contributed by atoms with Crippen molar-refractivity contribution < 1.29 is 4.74 Å². The van der Waals surface area contributed by atoms with E-state index in [0.717, 1.165) is 12.3 Å². The van der Waals surface area contributed by atoms with E-state index in [9.17, 15) is 0 Å². The first-order chi connectivity index (χ1) is 7.26. The van der Waals surface area contributed by atoms with E-state index < -0.39 is 0 Å². The molecule has 2 rings (SSSR count). The number of ether oxygens (including phenoxy) is 1. The molecule has 80 valence electrons. The molecule has 1 aromatic carbocycles. The van der Waals surface area contributed by atoms with Crippen molar-refractivity contribution in [1.29, 1.82) is 0 Å². The molecule has 1 heterocycles. The number of nitrogens with zero attached hydrogens (tertiary/aromatic N) is 1. The summed E-state index contributed by atoms with van der Waals surface area (Å²) in [6.07, 6.45) is 4.40. The zero-order chi connectivity index (χ0) is 10.8. The third-order valence-corrected chi connectivity index (χ3v) is 2.93. The van der Waals surface area contributed by atoms with Crippen molar-refractivity contribution in [2.24, 2.45) is 0 Å². The van der Waals surface area contributed by atoms with Gasteiger partial charge in [0.2, 0.25) is 0 Å². The minimum Gasteiger partial charge on any atom is -0.497 e. The number of rotatable bonds is 2. The molecule has 2 heteroatoms. The summed E-state index contributed by atoms with van der Waals surface area (Å²) in [7, 11) is 1.70. The zero-order valence-corrected chi connectivity index (χ0v) is 9.53. The van der Waals surface area contributed by atoms with Gasteiger partial charge >= 0.3 is 0 Å². The molecule has 2 nitrogen and oxygen atoms in total. The summed E-state index contributed by atoms with van der Waals surface area (Å²) in [4.78, 5) is 2.38. The SMILES string of the molecule is CCN1c2ccc(OC)cc2C=CC1C. The molecule has 1 atom stereocenters. The van der Waals surface area contributed by atoms with Gasteiger partial charge in [-0.05, 0) is 32.0 Å². The highest BCUT2D eigenvalue weighted by atomic mass is 16.5. The molecule has 0 aliphatic carbocycles. The average Bonchev–Trinajstić information content (AvgIpc) is 2.28. The average molecular weight is 203 g/mol. The molecule has 0 radical (unpaired) electrons. The minimum absolute atomic E-state index is 0.482. The Bertz CT molecular complexity index is 384. The first-order valence-corrected chi connectivity index (χ1v) is 5.39. The molecule has 0 saturated heterocycles. The molecule has 0 amide bonds. The highest BCUT2D eigenvalue weighted by molar-refractivity contribution is 5.73. The Kier molecular flexibility index (Phi) is 2.67. The third kappa shape index (κ3) is 1.72. The van der Waals surface area contributed by atoms with Gasteiger partial charge in [-0.2, -0.15) is 0 Å². The predicted molar refractivity (Wildman–Crippen MR) is 64.5 cm³/mol. The highest BCUT2D eigenvalue weighted by Crippen LogP contribution is 2.31. The lowest BCUT2D eigenvalue weighted by molar-refractivity contribution is 0.414. The second-order valence-electron chi connectivity index (χ2n) is 3.81. The van der Waals surface area contributed by atoms with Crippen LogP contribution < -0.4 is 9.64 Å². The second kappa shape index (κ2) is 3.97. The van der Waals surface area contributed by atoms with E-state index in [0.29, 0.717) is 6.04 Å². The number of anilines is 1. The van der Waals surface area contributed by atoms with E-state index in [-0.39, 0.29) is 0 Å². The Hall–Kier alpha value is -1.44. The van der Waals surface area contributed by atoms with E-state index in [1.165, 1.54) is 11.3 Å². The summed E-state index contributed by atoms with van der Waals surface area (Å²) in [5.74, 6) is 0.920. The molecule has 1 aliphatic heterocycles. The molecular formula is C13H17NO. The Balaban J connectivity index is 2.44. The molecule has 0 N–H and O–H groups in total. The van der Waals surface area contributed by atoms with Crippen LogP contribution in [0.1, 0.15) is 19.4 Å². The molecule has 0 fully saturated rings. The number of hydrogen-bond donors (Lipinski definition) is 0. The van der Waals surface area contributed by atoms with Crippen LogP contribution in [0.4, 0.5) is 5.69 Å². The van der Waals surface area contributed by atoms with E-state index in [1.807, 2.05) is 6.07 Å². The van der Waals surface area contributed by atoms with Gasteiger partial charge in [0.25, 0.3) is 0 Å². The van der Waals surface area contributed by atoms with Crippen molar-refractivity contribution in [3.8, 4) is 5.75 Å². The third-order valence-electron chi connectivity index (χ3n) is 2.93. The van der Waals surface area contributed by atoms with Crippen LogP contribution in [-0.4, -0.2) is 19.7 Å². The number of hydrogen-bond acceptors (Lipinski definition) is 2. The summed E-state index contributed by atoms with van der Waals surface area (Å²) < 4.78 is 5.22. The van der Waals surface area contributed by atoms with Crippen LogP contribution in [0.3, 0.4) is 0 Å². The largest absolute Gasteiger partial charge is 0.497 e. The zero-order valence-electron chi connectivity index (χ0n) is 9.53. The number of benzene rings is 1. The fourth-order valence-electron chi connectivity index (χ4n) is 2.08. The van der Waals surface area contributed by atoms with Crippen molar-refractivity contribution in [3.05, 3.63) is 29.8 Å². The molecule has 1 unspecified atom stereocenters. The van der Waals surface area contributed by atoms with Crippen LogP contribution in [0.2, 0.25) is 0 Å². The van der Waals surface area contributed by atoms with Crippen molar-refractivity contribution in [3.63, 3.8) is 0 Å². The Labute approximate surface area is 91.2 Å². The van der Waals surface area contributed by atoms with Gasteiger partial charge in [0.05, 0.1) is 7.11 Å². The van der Waals surface area contributed by atoms with Crippen molar-refractivity contribution in [2.75, 3.05) is 18.6 Å². The normalized spacial score (nSPS) is 18.9. The Morgan fingerprint density at radius 1 is 1.40 bits per heavy atom. The smallest absolute Gasteiger partial charge is 0.119 e. The van der Waals surface area contributed by atoms with Crippen LogP contribution in [-0.2, 0) is 0 Å². The lowest BCUT2D eigenvalue weighted by Gasteiger charge is -2.32. The van der Waals surface area contributed by atoms with E-state index in [2.05, 4.69) is 43.0 Å². The van der Waals surface area contributed by atoms with Crippen LogP contribution in [0.15, 0.2) is 24.3 Å². The van der Waals surface area contributed by atoms with E-state index in [1.54, 1.807) is 7.11 Å². The number of methoxy groups -OCH3 is 1. The second-order valence-corrected chi connectivity index (χ2v) is 3.81. The van der Waals surface area contributed by atoms with Gasteiger partial charge < -0.3 is 9.64 Å². The highest BCUT2D eigenvalue weighted by Gasteiger charge is 2.17. The summed E-state index contributed by atoms with van der Waals surface area (Å²) in [5, 5.41) is 0. The molecule has 0 bridgehead atoms. The quantitative estimate of drug-likeness (QED) is 0.732. The van der Waals surface area contributed by atoms with Gasteiger partial charge in [0.1, 0.15) is 5.75 Å². The monoisotopic (exact) mass is 203 g/mol.